The highest BCUT2D eigenvalue weighted by atomic mass is 32.1. The number of methoxy groups -OCH3 is 1. The van der Waals surface area contributed by atoms with E-state index in [1.807, 2.05) is 37.3 Å². The molecule has 1 aromatic carbocycles. The van der Waals surface area contributed by atoms with Crippen LogP contribution in [0.4, 0.5) is 5.00 Å². The third kappa shape index (κ3) is 5.78. The summed E-state index contributed by atoms with van der Waals surface area (Å²) >= 11 is 1.64. The largest absolute Gasteiger partial charge is 0.493 e. The maximum Gasteiger partial charge on any atom is 0.255 e. The number of hydrogen-bond donors (Lipinski definition) is 1. The van der Waals surface area contributed by atoms with Crippen molar-refractivity contribution in [1.29, 1.82) is 0 Å². The predicted molar refractivity (Wildman–Crippen MR) is 141 cm³/mol. The first kappa shape index (κ1) is 25.0. The SMILES string of the molecule is CCOc1cc(C=Nc2sc3c(c2C(=O)NCc2ccco2)CC[C@H](C(C)(C)C)C3)ccc1OC. The highest BCUT2D eigenvalue weighted by Crippen LogP contribution is 2.45. The fraction of sp³-hybridized carbons (Fsp3) is 0.429. The van der Waals surface area contributed by atoms with E-state index in [4.69, 9.17) is 18.9 Å². The molecule has 0 bridgehead atoms. The fourth-order valence-electron chi connectivity index (χ4n) is 4.48. The summed E-state index contributed by atoms with van der Waals surface area (Å²) in [5.41, 5.74) is 2.95. The van der Waals surface area contributed by atoms with E-state index in [1.165, 1.54) is 4.88 Å². The van der Waals surface area contributed by atoms with Gasteiger partial charge in [-0.3, -0.25) is 4.79 Å². The van der Waals surface area contributed by atoms with E-state index >= 15 is 0 Å². The first-order valence-corrected chi connectivity index (χ1v) is 12.9. The molecule has 186 valence electrons. The molecule has 35 heavy (non-hydrogen) atoms. The molecule has 0 radical (unpaired) electrons. The molecule has 4 rings (SSSR count). The average molecular weight is 495 g/mol. The van der Waals surface area contributed by atoms with Crippen molar-refractivity contribution in [3.8, 4) is 11.5 Å². The molecular formula is C28H34N2O4S. The normalized spacial score (nSPS) is 15.7. The van der Waals surface area contributed by atoms with E-state index in [9.17, 15) is 4.79 Å². The Morgan fingerprint density at radius 1 is 1.29 bits per heavy atom. The summed E-state index contributed by atoms with van der Waals surface area (Å²) in [7, 11) is 1.63. The molecule has 1 aliphatic rings. The standard InChI is InChI=1S/C28H34N2O4S/c1-6-33-23-14-18(9-12-22(23)32-5)16-30-27-25(26(31)29-17-20-8-7-13-34-20)21-11-10-19(28(2,3)4)15-24(21)35-27/h7-9,12-14,16,19H,6,10-11,15,17H2,1-5H3,(H,29,31)/t19-/m0/s1. The van der Waals surface area contributed by atoms with Gasteiger partial charge in [-0.15, -0.1) is 11.3 Å². The Morgan fingerprint density at radius 3 is 2.80 bits per heavy atom. The zero-order valence-electron chi connectivity index (χ0n) is 21.1. The van der Waals surface area contributed by atoms with Crippen molar-refractivity contribution < 1.29 is 18.7 Å². The Balaban J connectivity index is 1.65. The monoisotopic (exact) mass is 494 g/mol. The third-order valence-corrected chi connectivity index (χ3v) is 7.68. The lowest BCUT2D eigenvalue weighted by molar-refractivity contribution is 0.0947. The lowest BCUT2D eigenvalue weighted by atomic mass is 9.72. The first-order valence-electron chi connectivity index (χ1n) is 12.1. The number of nitrogens with one attached hydrogen (secondary N) is 1. The minimum absolute atomic E-state index is 0.106. The summed E-state index contributed by atoms with van der Waals surface area (Å²) in [6, 6.07) is 9.39. The van der Waals surface area contributed by atoms with Crippen molar-refractivity contribution in [3.05, 3.63) is 63.9 Å². The molecule has 1 amide bonds. The van der Waals surface area contributed by atoms with Crippen LogP contribution in [0.2, 0.25) is 0 Å². The molecule has 0 fully saturated rings. The number of rotatable bonds is 8. The second-order valence-electron chi connectivity index (χ2n) is 9.85. The molecule has 2 aromatic heterocycles. The molecule has 0 saturated heterocycles. The molecule has 0 unspecified atom stereocenters. The lowest BCUT2D eigenvalue weighted by Crippen LogP contribution is -2.28. The second kappa shape index (κ2) is 10.7. The predicted octanol–water partition coefficient (Wildman–Crippen LogP) is 6.58. The number of nitrogens with zero attached hydrogens (tertiary/aromatic N) is 1. The molecule has 6 nitrogen and oxygen atoms in total. The van der Waals surface area contributed by atoms with E-state index in [-0.39, 0.29) is 11.3 Å². The highest BCUT2D eigenvalue weighted by molar-refractivity contribution is 7.16. The van der Waals surface area contributed by atoms with Gasteiger partial charge in [0.2, 0.25) is 0 Å². The topological polar surface area (TPSA) is 73.1 Å². The van der Waals surface area contributed by atoms with Gasteiger partial charge in [0.1, 0.15) is 10.8 Å². The molecule has 1 atom stereocenters. The van der Waals surface area contributed by atoms with Crippen LogP contribution >= 0.6 is 11.3 Å². The number of fused-ring (bicyclic) bond motifs is 1. The van der Waals surface area contributed by atoms with Crippen molar-refractivity contribution in [2.45, 2.75) is 53.5 Å². The molecule has 7 heteroatoms. The van der Waals surface area contributed by atoms with Gasteiger partial charge in [0, 0.05) is 11.1 Å². The van der Waals surface area contributed by atoms with Gasteiger partial charge < -0.3 is 19.2 Å². The Kier molecular flexibility index (Phi) is 7.65. The molecule has 0 saturated carbocycles. The second-order valence-corrected chi connectivity index (χ2v) is 10.9. The van der Waals surface area contributed by atoms with Gasteiger partial charge in [-0.05, 0) is 79.0 Å². The van der Waals surface area contributed by atoms with Crippen LogP contribution in [0.1, 0.15) is 66.2 Å². The zero-order valence-corrected chi connectivity index (χ0v) is 22.0. The number of carbonyl (C=O) groups is 1. The van der Waals surface area contributed by atoms with Crippen molar-refractivity contribution in [2.24, 2.45) is 16.3 Å². The number of amides is 1. The average Bonchev–Trinajstić information content (AvgIpc) is 3.48. The van der Waals surface area contributed by atoms with Crippen LogP contribution in [0.5, 0.6) is 11.5 Å². The molecular weight excluding hydrogens is 460 g/mol. The molecule has 0 aliphatic heterocycles. The maximum absolute atomic E-state index is 13.3. The van der Waals surface area contributed by atoms with Crippen molar-refractivity contribution in [2.75, 3.05) is 13.7 Å². The Hall–Kier alpha value is -3.06. The molecule has 2 heterocycles. The number of benzene rings is 1. The van der Waals surface area contributed by atoms with Crippen LogP contribution in [-0.2, 0) is 19.4 Å². The lowest BCUT2D eigenvalue weighted by Gasteiger charge is -2.33. The summed E-state index contributed by atoms with van der Waals surface area (Å²) in [4.78, 5) is 19.4. The summed E-state index contributed by atoms with van der Waals surface area (Å²) in [5, 5.41) is 3.77. The molecule has 0 spiro atoms. The molecule has 1 aliphatic carbocycles. The fourth-order valence-corrected chi connectivity index (χ4v) is 5.75. The van der Waals surface area contributed by atoms with E-state index in [1.54, 1.807) is 30.9 Å². The Bertz CT molecular complexity index is 1190. The quantitative estimate of drug-likeness (QED) is 0.359. The Morgan fingerprint density at radius 2 is 2.11 bits per heavy atom. The van der Waals surface area contributed by atoms with E-state index < -0.39 is 0 Å². The first-order chi connectivity index (χ1) is 16.8. The minimum atomic E-state index is -0.106. The molecule has 3 aromatic rings. The van der Waals surface area contributed by atoms with Crippen LogP contribution in [-0.4, -0.2) is 25.8 Å². The van der Waals surface area contributed by atoms with Crippen molar-refractivity contribution in [3.63, 3.8) is 0 Å². The number of thiophene rings is 1. The van der Waals surface area contributed by atoms with Gasteiger partial charge in [0.15, 0.2) is 11.5 Å². The number of furan rings is 1. The number of carbonyl (C=O) groups excluding carboxylic acids is 1. The van der Waals surface area contributed by atoms with Crippen molar-refractivity contribution >= 4 is 28.5 Å². The number of hydrogen-bond acceptors (Lipinski definition) is 6. The van der Waals surface area contributed by atoms with Gasteiger partial charge in [-0.1, -0.05) is 20.8 Å². The third-order valence-electron chi connectivity index (χ3n) is 6.52. The summed E-state index contributed by atoms with van der Waals surface area (Å²) < 4.78 is 16.5. The van der Waals surface area contributed by atoms with Crippen LogP contribution < -0.4 is 14.8 Å². The van der Waals surface area contributed by atoms with E-state index in [2.05, 4.69) is 26.1 Å². The van der Waals surface area contributed by atoms with Gasteiger partial charge in [-0.2, -0.15) is 0 Å². The van der Waals surface area contributed by atoms with E-state index in [0.29, 0.717) is 36.1 Å². The van der Waals surface area contributed by atoms with Gasteiger partial charge >= 0.3 is 0 Å². The smallest absolute Gasteiger partial charge is 0.255 e. The van der Waals surface area contributed by atoms with Gasteiger partial charge in [0.25, 0.3) is 5.91 Å². The van der Waals surface area contributed by atoms with Crippen LogP contribution in [0.3, 0.4) is 0 Å². The van der Waals surface area contributed by atoms with Gasteiger partial charge in [0.05, 0.1) is 32.1 Å². The Labute approximate surface area is 211 Å². The van der Waals surface area contributed by atoms with Crippen molar-refractivity contribution in [1.82, 2.24) is 5.32 Å². The van der Waals surface area contributed by atoms with Gasteiger partial charge in [-0.25, -0.2) is 4.99 Å². The van der Waals surface area contributed by atoms with E-state index in [0.717, 1.165) is 41.2 Å². The summed E-state index contributed by atoms with van der Waals surface area (Å²) in [5.74, 6) is 2.56. The highest BCUT2D eigenvalue weighted by Gasteiger charge is 2.33. The number of ether oxygens (including phenoxy) is 2. The van der Waals surface area contributed by atoms with Crippen LogP contribution in [0.15, 0.2) is 46.0 Å². The van der Waals surface area contributed by atoms with Crippen LogP contribution in [0.25, 0.3) is 0 Å². The maximum atomic E-state index is 13.3. The minimum Gasteiger partial charge on any atom is -0.493 e. The summed E-state index contributed by atoms with van der Waals surface area (Å²) in [6.07, 6.45) is 6.36. The zero-order chi connectivity index (χ0) is 25.0. The summed E-state index contributed by atoms with van der Waals surface area (Å²) in [6.45, 7) is 9.72. The van der Waals surface area contributed by atoms with Crippen LogP contribution in [0, 0.1) is 11.3 Å². The molecule has 1 N–H and O–H groups in total. The number of aliphatic imine (C=N–C) groups is 1.